The van der Waals surface area contributed by atoms with Crippen LogP contribution in [0.15, 0.2) is 9.53 Å². The Hall–Kier alpha value is -1.61. The van der Waals surface area contributed by atoms with E-state index in [1.807, 2.05) is 0 Å². The highest BCUT2D eigenvalue weighted by Crippen LogP contribution is 2.33. The lowest BCUT2D eigenvalue weighted by Crippen LogP contribution is -2.33. The minimum Gasteiger partial charge on any atom is -0.412 e. The minimum absolute atomic E-state index is 0. The molecule has 13 heteroatoms. The molecule has 2 aromatic rings. The maximum Gasteiger partial charge on any atom is 0.280 e. The second-order valence-electron chi connectivity index (χ2n) is 4.60. The highest BCUT2D eigenvalue weighted by atomic mass is 79.9. The van der Waals surface area contributed by atoms with E-state index in [1.54, 1.807) is 0 Å². The van der Waals surface area contributed by atoms with Gasteiger partial charge in [-0.2, -0.15) is 4.98 Å². The Morgan fingerprint density at radius 3 is 2.52 bits per heavy atom. The van der Waals surface area contributed by atoms with Crippen LogP contribution in [0.4, 0.5) is 5.95 Å². The number of aliphatic hydroxyl groups excluding tert-OH is 3. The number of aromatic amines is 1. The second kappa shape index (κ2) is 6.88. The third kappa shape index (κ3) is 2.94. The summed E-state index contributed by atoms with van der Waals surface area (Å²) < 4.78 is 6.87. The molecule has 23 heavy (non-hydrogen) atoms. The lowest BCUT2D eigenvalue weighted by molar-refractivity contribution is -0.0521. The van der Waals surface area contributed by atoms with Gasteiger partial charge in [0.2, 0.25) is 5.95 Å². The average molecular weight is 398 g/mol. The van der Waals surface area contributed by atoms with Crippen molar-refractivity contribution in [3.8, 4) is 0 Å². The van der Waals surface area contributed by atoms with E-state index >= 15 is 0 Å². The van der Waals surface area contributed by atoms with Gasteiger partial charge in [-0.3, -0.25) is 14.3 Å². The maximum absolute atomic E-state index is 11.8. The summed E-state index contributed by atoms with van der Waals surface area (Å²) >= 11 is 3.15. The van der Waals surface area contributed by atoms with Gasteiger partial charge in [-0.25, -0.2) is 4.98 Å². The number of rotatable bonds is 2. The predicted molar refractivity (Wildman–Crippen MR) is 80.5 cm³/mol. The van der Waals surface area contributed by atoms with Gasteiger partial charge in [0.1, 0.15) is 18.3 Å². The van der Waals surface area contributed by atoms with Crippen LogP contribution in [0.3, 0.4) is 0 Å². The molecule has 3 rings (SSSR count). The van der Waals surface area contributed by atoms with Gasteiger partial charge in [0.25, 0.3) is 5.56 Å². The first kappa shape index (κ1) is 19.4. The van der Waals surface area contributed by atoms with Crippen molar-refractivity contribution in [1.82, 2.24) is 19.5 Å². The van der Waals surface area contributed by atoms with E-state index in [0.717, 1.165) is 0 Å². The number of ether oxygens (including phenoxy) is 1. The fraction of sp³-hybridized carbons (Fsp3) is 0.500. The third-order valence-corrected chi connectivity index (χ3v) is 3.86. The molecule has 0 aliphatic carbocycles. The summed E-state index contributed by atoms with van der Waals surface area (Å²) in [6.07, 6.45) is -4.61. The van der Waals surface area contributed by atoms with Crippen LogP contribution >= 0.6 is 15.9 Å². The monoisotopic (exact) mass is 397 g/mol. The standard InChI is InChI=1S/C10H12BrN5O5.2H2O/c11-9-13-3-6(14-10(12)15-7(3)20)16(9)8-5(19)4(18)2(1-17)21-8;;/h2,4-5,8,17-19H,1H2,(H3,12,14,15,20);2*1H2. The van der Waals surface area contributed by atoms with Crippen molar-refractivity contribution >= 4 is 33.0 Å². The topological polar surface area (TPSA) is 223 Å². The van der Waals surface area contributed by atoms with Crippen LogP contribution in [-0.4, -0.2) is 70.7 Å². The molecule has 0 bridgehead atoms. The number of anilines is 1. The van der Waals surface area contributed by atoms with E-state index in [-0.39, 0.29) is 32.8 Å². The molecule has 1 fully saturated rings. The number of halogens is 1. The molecule has 2 aromatic heterocycles. The molecule has 130 valence electrons. The summed E-state index contributed by atoms with van der Waals surface area (Å²) in [5.74, 6) is -0.118. The van der Waals surface area contributed by atoms with Crippen molar-refractivity contribution < 1.29 is 31.0 Å². The molecule has 1 aliphatic rings. The summed E-state index contributed by atoms with van der Waals surface area (Å²) in [7, 11) is 0. The Morgan fingerprint density at radius 2 is 1.96 bits per heavy atom. The summed E-state index contributed by atoms with van der Waals surface area (Å²) in [4.78, 5) is 22.0. The molecule has 1 aliphatic heterocycles. The highest BCUT2D eigenvalue weighted by molar-refractivity contribution is 9.10. The van der Waals surface area contributed by atoms with E-state index < -0.39 is 36.7 Å². The second-order valence-corrected chi connectivity index (χ2v) is 5.31. The lowest BCUT2D eigenvalue weighted by atomic mass is 10.1. The van der Waals surface area contributed by atoms with Crippen molar-refractivity contribution in [3.05, 3.63) is 15.1 Å². The first-order valence-electron chi connectivity index (χ1n) is 5.99. The first-order valence-corrected chi connectivity index (χ1v) is 6.79. The largest absolute Gasteiger partial charge is 0.412 e. The van der Waals surface area contributed by atoms with Crippen molar-refractivity contribution in [3.63, 3.8) is 0 Å². The summed E-state index contributed by atoms with van der Waals surface area (Å²) in [6.45, 7) is -0.463. The molecule has 10 N–H and O–H groups in total. The van der Waals surface area contributed by atoms with Gasteiger partial charge in [0, 0.05) is 0 Å². The van der Waals surface area contributed by atoms with Crippen molar-refractivity contribution in [2.45, 2.75) is 24.5 Å². The van der Waals surface area contributed by atoms with Gasteiger partial charge in [-0.05, 0) is 15.9 Å². The number of hydrogen-bond donors (Lipinski definition) is 5. The van der Waals surface area contributed by atoms with Crippen molar-refractivity contribution in [2.24, 2.45) is 0 Å². The highest BCUT2D eigenvalue weighted by Gasteiger charge is 2.44. The fourth-order valence-electron chi connectivity index (χ4n) is 2.29. The molecule has 1 saturated heterocycles. The van der Waals surface area contributed by atoms with Crippen LogP contribution in [0.2, 0.25) is 0 Å². The molecular weight excluding hydrogens is 382 g/mol. The third-order valence-electron chi connectivity index (χ3n) is 3.30. The molecule has 0 radical (unpaired) electrons. The molecule has 0 saturated carbocycles. The van der Waals surface area contributed by atoms with Crippen LogP contribution in [0.5, 0.6) is 0 Å². The molecule has 4 atom stereocenters. The smallest absolute Gasteiger partial charge is 0.280 e. The molecule has 4 unspecified atom stereocenters. The number of hydrogen-bond acceptors (Lipinski definition) is 8. The van der Waals surface area contributed by atoms with E-state index in [9.17, 15) is 15.0 Å². The molecule has 0 aromatic carbocycles. The van der Waals surface area contributed by atoms with Crippen LogP contribution < -0.4 is 11.3 Å². The number of H-pyrrole nitrogens is 1. The number of nitrogens with one attached hydrogen (secondary N) is 1. The Bertz CT molecular complexity index is 749. The van der Waals surface area contributed by atoms with Gasteiger partial charge in [-0.1, -0.05) is 0 Å². The molecular formula is C10H16BrN5O7. The van der Waals surface area contributed by atoms with Gasteiger partial charge in [0.05, 0.1) is 6.61 Å². The molecule has 0 spiro atoms. The number of aliphatic hydroxyl groups is 3. The Kier molecular flexibility index (Phi) is 5.81. The number of nitrogens with zero attached hydrogens (tertiary/aromatic N) is 3. The summed E-state index contributed by atoms with van der Waals surface area (Å²) in [5.41, 5.74) is 5.07. The SMILES string of the molecule is Nc1nc2c(nc(Br)n2C2OC(CO)C(O)C2O)c(=O)[nH]1.O.O. The van der Waals surface area contributed by atoms with Crippen molar-refractivity contribution in [2.75, 3.05) is 12.3 Å². The first-order chi connectivity index (χ1) is 9.93. The number of imidazole rings is 1. The Labute approximate surface area is 136 Å². The van der Waals surface area contributed by atoms with Gasteiger partial charge < -0.3 is 36.7 Å². The zero-order valence-electron chi connectivity index (χ0n) is 11.5. The quantitative estimate of drug-likeness (QED) is 0.317. The Morgan fingerprint density at radius 1 is 1.30 bits per heavy atom. The molecule has 0 amide bonds. The van der Waals surface area contributed by atoms with Crippen LogP contribution in [0, 0.1) is 0 Å². The fourth-order valence-corrected chi connectivity index (χ4v) is 2.84. The summed E-state index contributed by atoms with van der Waals surface area (Å²) in [6, 6.07) is 0. The van der Waals surface area contributed by atoms with Crippen LogP contribution in [0.25, 0.3) is 11.2 Å². The molecule has 3 heterocycles. The van der Waals surface area contributed by atoms with Crippen LogP contribution in [-0.2, 0) is 4.74 Å². The van der Waals surface area contributed by atoms with Gasteiger partial charge in [-0.15, -0.1) is 0 Å². The average Bonchev–Trinajstić information content (AvgIpc) is 2.89. The minimum atomic E-state index is -1.32. The van der Waals surface area contributed by atoms with E-state index in [0.29, 0.717) is 0 Å². The normalized spacial score (nSPS) is 26.8. The van der Waals surface area contributed by atoms with Crippen molar-refractivity contribution in [1.29, 1.82) is 0 Å². The van der Waals surface area contributed by atoms with Crippen LogP contribution in [0.1, 0.15) is 6.23 Å². The molecule has 12 nitrogen and oxygen atoms in total. The Balaban J connectivity index is 0.00000132. The summed E-state index contributed by atoms with van der Waals surface area (Å²) in [5, 5.41) is 29.0. The number of nitrogen functional groups attached to an aromatic ring is 1. The number of nitrogens with two attached hydrogens (primary N) is 1. The zero-order valence-corrected chi connectivity index (χ0v) is 13.1. The number of fused-ring (bicyclic) bond motifs is 1. The van der Waals surface area contributed by atoms with E-state index in [1.165, 1.54) is 4.57 Å². The van der Waals surface area contributed by atoms with E-state index in [2.05, 4.69) is 30.9 Å². The van der Waals surface area contributed by atoms with Gasteiger partial charge in [0.15, 0.2) is 22.1 Å². The number of aromatic nitrogens is 4. The van der Waals surface area contributed by atoms with E-state index in [4.69, 9.17) is 15.6 Å². The predicted octanol–water partition coefficient (Wildman–Crippen LogP) is -3.57. The van der Waals surface area contributed by atoms with Gasteiger partial charge >= 0.3 is 0 Å². The maximum atomic E-state index is 11.8. The lowest BCUT2D eigenvalue weighted by Gasteiger charge is -2.17. The zero-order chi connectivity index (χ0) is 15.3.